The first-order chi connectivity index (χ1) is 8.58. The summed E-state index contributed by atoms with van der Waals surface area (Å²) < 4.78 is 5.25. The van der Waals surface area contributed by atoms with Gasteiger partial charge in [0.2, 0.25) is 5.88 Å². The lowest BCUT2D eigenvalue weighted by Crippen LogP contribution is -2.26. The van der Waals surface area contributed by atoms with Gasteiger partial charge in [-0.05, 0) is 6.42 Å². The van der Waals surface area contributed by atoms with Crippen LogP contribution in [0.15, 0.2) is 0 Å². The molecule has 1 heterocycles. The minimum atomic E-state index is -0.276. The smallest absolute Gasteiger partial charge is 0.230 e. The number of hydrogen-bond donors (Lipinski definition) is 2. The first kappa shape index (κ1) is 15.2. The average molecular weight is 273 g/mol. The van der Waals surface area contributed by atoms with Crippen molar-refractivity contribution in [2.45, 2.75) is 32.4 Å². The van der Waals surface area contributed by atoms with Crippen LogP contribution < -0.4 is 15.0 Å². The van der Waals surface area contributed by atoms with Crippen molar-refractivity contribution >= 4 is 16.5 Å². The Morgan fingerprint density at radius 2 is 2.22 bits per heavy atom. The van der Waals surface area contributed by atoms with Crippen molar-refractivity contribution in [2.75, 3.05) is 32.6 Å². The Labute approximate surface area is 113 Å². The number of aliphatic hydroxyl groups is 1. The molecular weight excluding hydrogens is 250 g/mol. The third kappa shape index (κ3) is 4.44. The summed E-state index contributed by atoms with van der Waals surface area (Å²) in [6, 6.07) is 0. The Hall–Kier alpha value is -0.850. The molecule has 0 fully saturated rings. The Bertz CT molecular complexity index is 355. The summed E-state index contributed by atoms with van der Waals surface area (Å²) in [4.78, 5) is 7.40. The lowest BCUT2D eigenvalue weighted by molar-refractivity contribution is 0.160. The summed E-state index contributed by atoms with van der Waals surface area (Å²) >= 11 is 1.60. The maximum absolute atomic E-state index is 9.63. The van der Waals surface area contributed by atoms with E-state index in [9.17, 15) is 5.11 Å². The molecule has 0 aliphatic carbocycles. The molecule has 0 aromatic carbocycles. The van der Waals surface area contributed by atoms with Gasteiger partial charge < -0.3 is 20.1 Å². The summed E-state index contributed by atoms with van der Waals surface area (Å²) in [5.41, 5.74) is 0. The highest BCUT2D eigenvalue weighted by Crippen LogP contribution is 2.30. The number of rotatable bonds is 8. The van der Waals surface area contributed by atoms with Crippen molar-refractivity contribution < 1.29 is 9.84 Å². The van der Waals surface area contributed by atoms with Gasteiger partial charge in [0.05, 0.1) is 18.1 Å². The normalized spacial score (nSPS) is 12.5. The molecule has 5 nitrogen and oxygen atoms in total. The van der Waals surface area contributed by atoms with E-state index in [4.69, 9.17) is 4.74 Å². The molecule has 6 heteroatoms. The first-order valence-electron chi connectivity index (χ1n) is 6.18. The number of nitrogens with one attached hydrogen (secondary N) is 1. The van der Waals surface area contributed by atoms with E-state index in [1.807, 2.05) is 19.0 Å². The fourth-order valence-corrected chi connectivity index (χ4v) is 2.50. The van der Waals surface area contributed by atoms with E-state index in [0.29, 0.717) is 19.0 Å². The zero-order chi connectivity index (χ0) is 13.5. The van der Waals surface area contributed by atoms with Crippen molar-refractivity contribution in [2.24, 2.45) is 0 Å². The van der Waals surface area contributed by atoms with Crippen LogP contribution in [0.3, 0.4) is 0 Å². The monoisotopic (exact) mass is 273 g/mol. The van der Waals surface area contributed by atoms with E-state index in [1.54, 1.807) is 18.4 Å². The lowest BCUT2D eigenvalue weighted by Gasteiger charge is -2.10. The quantitative estimate of drug-likeness (QED) is 0.751. The van der Waals surface area contributed by atoms with Gasteiger partial charge in [0.15, 0.2) is 5.13 Å². The molecule has 0 aliphatic rings. The third-order valence-electron chi connectivity index (χ3n) is 2.51. The third-order valence-corrected chi connectivity index (χ3v) is 3.72. The van der Waals surface area contributed by atoms with Gasteiger partial charge in [0.25, 0.3) is 0 Å². The maximum atomic E-state index is 9.63. The fourth-order valence-electron chi connectivity index (χ4n) is 1.58. The summed E-state index contributed by atoms with van der Waals surface area (Å²) in [6.07, 6.45) is 1.55. The largest absolute Gasteiger partial charge is 0.480 e. The zero-order valence-electron chi connectivity index (χ0n) is 11.6. The van der Waals surface area contributed by atoms with Gasteiger partial charge in [-0.1, -0.05) is 24.7 Å². The van der Waals surface area contributed by atoms with Crippen molar-refractivity contribution in [1.82, 2.24) is 10.3 Å². The number of anilines is 1. The van der Waals surface area contributed by atoms with Crippen LogP contribution in [0.25, 0.3) is 0 Å². The number of nitrogens with zero attached hydrogens (tertiary/aromatic N) is 2. The molecule has 0 radical (unpaired) electrons. The van der Waals surface area contributed by atoms with Crippen molar-refractivity contribution in [3.63, 3.8) is 0 Å². The molecule has 104 valence electrons. The number of thiazole rings is 1. The van der Waals surface area contributed by atoms with Crippen LogP contribution in [0.2, 0.25) is 0 Å². The highest BCUT2D eigenvalue weighted by atomic mass is 32.1. The molecule has 0 aliphatic heterocycles. The van der Waals surface area contributed by atoms with Crippen LogP contribution in [-0.4, -0.2) is 43.9 Å². The summed E-state index contributed by atoms with van der Waals surface area (Å²) in [5.74, 6) is 0.668. The number of hydrogen-bond acceptors (Lipinski definition) is 6. The maximum Gasteiger partial charge on any atom is 0.230 e. The minimum absolute atomic E-state index is 0.276. The van der Waals surface area contributed by atoms with E-state index in [0.717, 1.165) is 22.9 Å². The van der Waals surface area contributed by atoms with E-state index < -0.39 is 0 Å². The summed E-state index contributed by atoms with van der Waals surface area (Å²) in [7, 11) is 5.55. The number of ether oxygens (including phenoxy) is 1. The number of methoxy groups -OCH3 is 1. The van der Waals surface area contributed by atoms with Gasteiger partial charge in [0, 0.05) is 27.2 Å². The molecule has 1 atom stereocenters. The second-order valence-electron chi connectivity index (χ2n) is 4.40. The second kappa shape index (κ2) is 7.56. The van der Waals surface area contributed by atoms with Crippen LogP contribution in [-0.2, 0) is 6.54 Å². The van der Waals surface area contributed by atoms with E-state index in [-0.39, 0.29) is 6.10 Å². The Morgan fingerprint density at radius 1 is 1.50 bits per heavy atom. The van der Waals surface area contributed by atoms with Crippen LogP contribution in [0, 0.1) is 0 Å². The molecule has 0 saturated heterocycles. The molecule has 1 rings (SSSR count). The van der Waals surface area contributed by atoms with Crippen LogP contribution >= 0.6 is 11.3 Å². The van der Waals surface area contributed by atoms with E-state index in [2.05, 4.69) is 17.2 Å². The van der Waals surface area contributed by atoms with E-state index in [1.165, 1.54) is 0 Å². The summed E-state index contributed by atoms with van der Waals surface area (Å²) in [6.45, 7) is 3.35. The fraction of sp³-hybridized carbons (Fsp3) is 0.750. The highest BCUT2D eigenvalue weighted by molar-refractivity contribution is 7.15. The van der Waals surface area contributed by atoms with Crippen LogP contribution in [0.5, 0.6) is 5.88 Å². The second-order valence-corrected chi connectivity index (χ2v) is 5.46. The van der Waals surface area contributed by atoms with Gasteiger partial charge in [-0.3, -0.25) is 0 Å². The van der Waals surface area contributed by atoms with Crippen LogP contribution in [0.1, 0.15) is 24.6 Å². The lowest BCUT2D eigenvalue weighted by atomic mass is 10.2. The van der Waals surface area contributed by atoms with E-state index >= 15 is 0 Å². The van der Waals surface area contributed by atoms with Gasteiger partial charge >= 0.3 is 0 Å². The minimum Gasteiger partial charge on any atom is -0.480 e. The van der Waals surface area contributed by atoms with Gasteiger partial charge in [-0.25, -0.2) is 0 Å². The first-order valence-corrected chi connectivity index (χ1v) is 6.99. The Kier molecular flexibility index (Phi) is 6.38. The Morgan fingerprint density at radius 3 is 2.78 bits per heavy atom. The molecule has 1 aromatic rings. The van der Waals surface area contributed by atoms with Crippen molar-refractivity contribution in [3.05, 3.63) is 4.88 Å². The molecule has 2 N–H and O–H groups in total. The number of aromatic nitrogens is 1. The predicted octanol–water partition coefficient (Wildman–Crippen LogP) is 1.47. The molecule has 1 aromatic heterocycles. The van der Waals surface area contributed by atoms with Gasteiger partial charge in [0.1, 0.15) is 0 Å². The molecule has 1 unspecified atom stereocenters. The van der Waals surface area contributed by atoms with Gasteiger partial charge in [-0.15, -0.1) is 0 Å². The summed E-state index contributed by atoms with van der Waals surface area (Å²) in [5, 5.41) is 13.8. The zero-order valence-corrected chi connectivity index (χ0v) is 12.4. The molecule has 0 saturated carbocycles. The topological polar surface area (TPSA) is 57.6 Å². The molecular formula is C12H23N3O2S. The van der Waals surface area contributed by atoms with Crippen LogP contribution in [0.4, 0.5) is 5.13 Å². The molecule has 18 heavy (non-hydrogen) atoms. The highest BCUT2D eigenvalue weighted by Gasteiger charge is 2.13. The standard InChI is InChI=1S/C12H23N3O2S/c1-5-6-9(16)7-13-8-10-11(17-4)14-12(18-10)15(2)3/h9,13,16H,5-8H2,1-4H3. The number of aliphatic hydroxyl groups excluding tert-OH is 1. The SMILES string of the molecule is CCCC(O)CNCc1sc(N(C)C)nc1OC. The predicted molar refractivity (Wildman–Crippen MR) is 75.6 cm³/mol. The average Bonchev–Trinajstić information content (AvgIpc) is 2.73. The molecule has 0 bridgehead atoms. The van der Waals surface area contributed by atoms with Gasteiger partial charge in [-0.2, -0.15) is 4.98 Å². The molecule has 0 amide bonds. The van der Waals surface area contributed by atoms with Crippen molar-refractivity contribution in [3.8, 4) is 5.88 Å². The van der Waals surface area contributed by atoms with Crippen molar-refractivity contribution in [1.29, 1.82) is 0 Å². The molecule has 0 spiro atoms. The Balaban J connectivity index is 2.50.